The molecular formula is C34H53NO. The molecule has 2 nitrogen and oxygen atoms in total. The molecule has 36 heavy (non-hydrogen) atoms. The minimum Gasteiger partial charge on any atom is -0.492 e. The van der Waals surface area contributed by atoms with E-state index >= 15 is 0 Å². The van der Waals surface area contributed by atoms with Crippen molar-refractivity contribution >= 4 is 0 Å². The van der Waals surface area contributed by atoms with Gasteiger partial charge in [-0.3, -0.25) is 4.98 Å². The van der Waals surface area contributed by atoms with Gasteiger partial charge < -0.3 is 4.74 Å². The molecule has 2 aromatic rings. The lowest BCUT2D eigenvalue weighted by atomic mass is 9.77. The van der Waals surface area contributed by atoms with Crippen molar-refractivity contribution in [3.8, 4) is 17.0 Å². The molecule has 2 unspecified atom stereocenters. The lowest BCUT2D eigenvalue weighted by Crippen LogP contribution is -2.16. The maximum atomic E-state index is 5.89. The van der Waals surface area contributed by atoms with Gasteiger partial charge in [0, 0.05) is 5.56 Å². The number of benzene rings is 1. The molecule has 2 heteroatoms. The summed E-state index contributed by atoms with van der Waals surface area (Å²) in [4.78, 5) is 4.66. The molecule has 1 saturated carbocycles. The largest absolute Gasteiger partial charge is 0.492 e. The van der Waals surface area contributed by atoms with Crippen molar-refractivity contribution in [1.29, 1.82) is 0 Å². The first-order chi connectivity index (χ1) is 17.8. The Morgan fingerprint density at radius 2 is 1.39 bits per heavy atom. The molecule has 1 aromatic carbocycles. The summed E-state index contributed by atoms with van der Waals surface area (Å²) in [6.45, 7) is 5.36. The van der Waals surface area contributed by atoms with Crippen molar-refractivity contribution < 1.29 is 4.74 Å². The number of aryl methyl sites for hydroxylation is 1. The third-order valence-electron chi connectivity index (χ3n) is 8.20. The lowest BCUT2D eigenvalue weighted by Gasteiger charge is -2.29. The Bertz CT molecular complexity index is 797. The highest BCUT2D eigenvalue weighted by atomic mass is 16.5. The number of hydrogen-bond acceptors (Lipinski definition) is 2. The molecule has 0 bridgehead atoms. The summed E-state index contributed by atoms with van der Waals surface area (Å²) in [6, 6.07) is 13.3. The third kappa shape index (κ3) is 11.1. The fraction of sp³-hybridized carbons (Fsp3) is 0.676. The van der Waals surface area contributed by atoms with Crippen molar-refractivity contribution in [3.05, 3.63) is 48.2 Å². The predicted molar refractivity (Wildman–Crippen MR) is 156 cm³/mol. The van der Waals surface area contributed by atoms with Crippen LogP contribution in [-0.4, -0.2) is 11.6 Å². The minimum atomic E-state index is 0.794. The Morgan fingerprint density at radius 1 is 0.722 bits per heavy atom. The van der Waals surface area contributed by atoms with Gasteiger partial charge in [-0.25, -0.2) is 0 Å². The molecule has 1 aliphatic rings. The molecule has 2 atom stereocenters. The van der Waals surface area contributed by atoms with Gasteiger partial charge in [-0.15, -0.1) is 0 Å². The van der Waals surface area contributed by atoms with Crippen LogP contribution < -0.4 is 4.74 Å². The SMILES string of the molecule is CCCCCCCCOc1ccc(-c2ccc(CCC3CCCC(CCCCCCC)C3)cc2)nc1. The Kier molecular flexibility index (Phi) is 14.0. The molecule has 0 saturated heterocycles. The van der Waals surface area contributed by atoms with Crippen molar-refractivity contribution in [2.24, 2.45) is 11.8 Å². The summed E-state index contributed by atoms with van der Waals surface area (Å²) in [6.07, 6.45) is 26.6. The molecule has 1 aliphatic carbocycles. The van der Waals surface area contributed by atoms with Crippen LogP contribution in [0.1, 0.15) is 129 Å². The monoisotopic (exact) mass is 491 g/mol. The first kappa shape index (κ1) is 28.7. The zero-order valence-corrected chi connectivity index (χ0v) is 23.5. The quantitative estimate of drug-likeness (QED) is 0.193. The number of unbranched alkanes of at least 4 members (excludes halogenated alkanes) is 9. The van der Waals surface area contributed by atoms with E-state index in [4.69, 9.17) is 4.74 Å². The van der Waals surface area contributed by atoms with Crippen LogP contribution in [0.25, 0.3) is 11.3 Å². The molecular weight excluding hydrogens is 438 g/mol. The second kappa shape index (κ2) is 17.6. The lowest BCUT2D eigenvalue weighted by molar-refractivity contribution is 0.239. The van der Waals surface area contributed by atoms with Gasteiger partial charge in [0.05, 0.1) is 18.5 Å². The summed E-state index contributed by atoms with van der Waals surface area (Å²) in [5, 5.41) is 0. The van der Waals surface area contributed by atoms with Gasteiger partial charge in [0.15, 0.2) is 0 Å². The van der Waals surface area contributed by atoms with E-state index in [0.717, 1.165) is 36.3 Å². The van der Waals surface area contributed by atoms with E-state index in [1.165, 1.54) is 120 Å². The van der Waals surface area contributed by atoms with E-state index in [0.29, 0.717) is 0 Å². The highest BCUT2D eigenvalue weighted by molar-refractivity contribution is 5.59. The number of aromatic nitrogens is 1. The van der Waals surface area contributed by atoms with Gasteiger partial charge in [-0.1, -0.05) is 128 Å². The molecule has 1 aromatic heterocycles. The zero-order chi connectivity index (χ0) is 25.3. The van der Waals surface area contributed by atoms with E-state index in [9.17, 15) is 0 Å². The van der Waals surface area contributed by atoms with E-state index in [-0.39, 0.29) is 0 Å². The molecule has 0 aliphatic heterocycles. The molecule has 1 fully saturated rings. The summed E-state index contributed by atoms with van der Waals surface area (Å²) in [5.41, 5.74) is 3.70. The zero-order valence-electron chi connectivity index (χ0n) is 23.5. The highest BCUT2D eigenvalue weighted by Crippen LogP contribution is 2.35. The number of nitrogens with zero attached hydrogens (tertiary/aromatic N) is 1. The Labute approximate surface area is 222 Å². The number of rotatable bonds is 18. The van der Waals surface area contributed by atoms with E-state index in [2.05, 4.69) is 55.2 Å². The molecule has 0 amide bonds. The van der Waals surface area contributed by atoms with Crippen LogP contribution in [0, 0.1) is 11.8 Å². The van der Waals surface area contributed by atoms with Crippen molar-refractivity contribution in [2.45, 2.75) is 129 Å². The van der Waals surface area contributed by atoms with Crippen LogP contribution in [0.15, 0.2) is 42.6 Å². The highest BCUT2D eigenvalue weighted by Gasteiger charge is 2.21. The smallest absolute Gasteiger partial charge is 0.137 e. The number of ether oxygens (including phenoxy) is 1. The topological polar surface area (TPSA) is 22.1 Å². The number of hydrogen-bond donors (Lipinski definition) is 0. The summed E-state index contributed by atoms with van der Waals surface area (Å²) in [7, 11) is 0. The maximum absolute atomic E-state index is 5.89. The fourth-order valence-corrected chi connectivity index (χ4v) is 5.89. The summed E-state index contributed by atoms with van der Waals surface area (Å²) in [5.74, 6) is 2.82. The van der Waals surface area contributed by atoms with Crippen molar-refractivity contribution in [1.82, 2.24) is 4.98 Å². The van der Waals surface area contributed by atoms with Gasteiger partial charge in [-0.05, 0) is 55.2 Å². The van der Waals surface area contributed by atoms with E-state index in [1.54, 1.807) is 0 Å². The summed E-state index contributed by atoms with van der Waals surface area (Å²) >= 11 is 0. The van der Waals surface area contributed by atoms with E-state index < -0.39 is 0 Å². The Morgan fingerprint density at radius 3 is 2.08 bits per heavy atom. The van der Waals surface area contributed by atoms with Crippen LogP contribution in [0.2, 0.25) is 0 Å². The first-order valence-corrected chi connectivity index (χ1v) is 15.5. The fourth-order valence-electron chi connectivity index (χ4n) is 5.89. The van der Waals surface area contributed by atoms with Crippen LogP contribution in [0.4, 0.5) is 0 Å². The Balaban J connectivity index is 1.35. The molecule has 0 radical (unpaired) electrons. The third-order valence-corrected chi connectivity index (χ3v) is 8.20. The Hall–Kier alpha value is -1.83. The second-order valence-electron chi connectivity index (χ2n) is 11.3. The molecule has 200 valence electrons. The molecule has 3 rings (SSSR count). The van der Waals surface area contributed by atoms with Gasteiger partial charge in [-0.2, -0.15) is 0 Å². The molecule has 0 spiro atoms. The average molecular weight is 492 g/mol. The average Bonchev–Trinajstić information content (AvgIpc) is 2.92. The molecule has 1 heterocycles. The predicted octanol–water partition coefficient (Wildman–Crippen LogP) is 10.6. The van der Waals surface area contributed by atoms with Gasteiger partial charge in [0.1, 0.15) is 5.75 Å². The van der Waals surface area contributed by atoms with Gasteiger partial charge in [0.25, 0.3) is 0 Å². The van der Waals surface area contributed by atoms with Gasteiger partial charge in [0.2, 0.25) is 0 Å². The maximum Gasteiger partial charge on any atom is 0.137 e. The van der Waals surface area contributed by atoms with Crippen LogP contribution >= 0.6 is 0 Å². The van der Waals surface area contributed by atoms with Crippen molar-refractivity contribution in [3.63, 3.8) is 0 Å². The minimum absolute atomic E-state index is 0.794. The number of pyridine rings is 1. The van der Waals surface area contributed by atoms with Gasteiger partial charge >= 0.3 is 0 Å². The normalized spacial score (nSPS) is 17.8. The van der Waals surface area contributed by atoms with Crippen LogP contribution in [0.3, 0.4) is 0 Å². The standard InChI is InChI=1S/C34H53NO/c1-3-5-7-9-11-13-26-36-33-24-25-34(35-28-33)32-22-20-29(21-23-32)18-19-31-17-14-16-30(27-31)15-12-10-8-6-4-2/h20-25,28,30-31H,3-19,26-27H2,1-2H3. The second-order valence-corrected chi connectivity index (χ2v) is 11.3. The van der Waals surface area contributed by atoms with Crippen LogP contribution in [0.5, 0.6) is 5.75 Å². The summed E-state index contributed by atoms with van der Waals surface area (Å²) < 4.78 is 5.89. The first-order valence-electron chi connectivity index (χ1n) is 15.5. The van der Waals surface area contributed by atoms with Crippen LogP contribution in [-0.2, 0) is 6.42 Å². The van der Waals surface area contributed by atoms with Crippen molar-refractivity contribution in [2.75, 3.05) is 6.61 Å². The molecule has 0 N–H and O–H groups in total. The van der Waals surface area contributed by atoms with E-state index in [1.807, 2.05) is 6.20 Å².